The second-order valence-corrected chi connectivity index (χ2v) is 8.33. The van der Waals surface area contributed by atoms with Crippen molar-refractivity contribution in [3.63, 3.8) is 0 Å². The van der Waals surface area contributed by atoms with E-state index in [0.29, 0.717) is 21.7 Å². The van der Waals surface area contributed by atoms with Gasteiger partial charge in [-0.15, -0.1) is 0 Å². The highest BCUT2D eigenvalue weighted by Crippen LogP contribution is 2.21. The highest BCUT2D eigenvalue weighted by atomic mass is 32.2. The lowest BCUT2D eigenvalue weighted by atomic mass is 10.2. The zero-order valence-corrected chi connectivity index (χ0v) is 18.6. The van der Waals surface area contributed by atoms with Crippen LogP contribution >= 0.6 is 11.8 Å². The molecule has 1 amide bonds. The second-order valence-electron chi connectivity index (χ2n) is 7.38. The van der Waals surface area contributed by atoms with Gasteiger partial charge in [0.15, 0.2) is 5.16 Å². The molecule has 0 saturated carbocycles. The Hall–Kier alpha value is -3.71. The summed E-state index contributed by atoms with van der Waals surface area (Å²) in [4.78, 5) is 30.2. The molecule has 0 aliphatic rings. The van der Waals surface area contributed by atoms with Gasteiger partial charge in [-0.2, -0.15) is 5.10 Å². The summed E-state index contributed by atoms with van der Waals surface area (Å²) >= 11 is 1.20. The van der Waals surface area contributed by atoms with E-state index in [0.717, 1.165) is 16.7 Å². The molecule has 0 aliphatic carbocycles. The average molecular weight is 443 g/mol. The van der Waals surface area contributed by atoms with E-state index < -0.39 is 0 Å². The number of nitrogens with zero attached hydrogens (tertiary/aromatic N) is 3. The molecule has 32 heavy (non-hydrogen) atoms. The smallest absolute Gasteiger partial charge is 0.266 e. The lowest BCUT2D eigenvalue weighted by molar-refractivity contribution is -0.118. The van der Waals surface area contributed by atoms with Gasteiger partial charge in [-0.05, 0) is 43.7 Å². The van der Waals surface area contributed by atoms with Crippen LogP contribution in [0, 0.1) is 13.8 Å². The summed E-state index contributed by atoms with van der Waals surface area (Å²) in [5.41, 5.74) is 6.79. The fraction of sp³-hybridized carbons (Fsp3) is 0.120. The van der Waals surface area contributed by atoms with Gasteiger partial charge in [0, 0.05) is 0 Å². The van der Waals surface area contributed by atoms with Crippen LogP contribution in [0.1, 0.15) is 16.7 Å². The van der Waals surface area contributed by atoms with E-state index in [2.05, 4.69) is 15.5 Å². The predicted octanol–water partition coefficient (Wildman–Crippen LogP) is 4.24. The molecule has 160 valence electrons. The first-order valence-electron chi connectivity index (χ1n) is 10.1. The first-order valence-corrected chi connectivity index (χ1v) is 11.1. The Bertz CT molecular complexity index is 1360. The summed E-state index contributed by atoms with van der Waals surface area (Å²) in [6.07, 6.45) is 1.60. The molecule has 1 N–H and O–H groups in total. The molecule has 0 bridgehead atoms. The fourth-order valence-electron chi connectivity index (χ4n) is 3.22. The standard InChI is InChI=1S/C25H22N4O2S/c1-17-10-12-20(13-11-17)29-24(31)21-8-3-4-9-22(21)27-25(29)32-16-23(30)28-26-15-19-7-5-6-18(2)14-19/h3-15H,16H2,1-2H3,(H,28,30)/b26-15+. The number of hydrogen-bond acceptors (Lipinski definition) is 5. The molecule has 7 heteroatoms. The van der Waals surface area contributed by atoms with Crippen LogP contribution in [-0.2, 0) is 4.79 Å². The van der Waals surface area contributed by atoms with Gasteiger partial charge in [0.2, 0.25) is 0 Å². The number of para-hydroxylation sites is 1. The summed E-state index contributed by atoms with van der Waals surface area (Å²) in [5, 5.41) is 5.01. The van der Waals surface area contributed by atoms with E-state index in [4.69, 9.17) is 0 Å². The number of fused-ring (bicyclic) bond motifs is 1. The van der Waals surface area contributed by atoms with Crippen molar-refractivity contribution in [1.29, 1.82) is 0 Å². The van der Waals surface area contributed by atoms with Gasteiger partial charge < -0.3 is 0 Å². The molecule has 6 nitrogen and oxygen atoms in total. The van der Waals surface area contributed by atoms with Gasteiger partial charge in [-0.25, -0.2) is 10.4 Å². The third kappa shape index (κ3) is 4.95. The van der Waals surface area contributed by atoms with E-state index in [1.54, 1.807) is 22.9 Å². The third-order valence-corrected chi connectivity index (χ3v) is 5.75. The van der Waals surface area contributed by atoms with Crippen molar-refractivity contribution in [2.24, 2.45) is 5.10 Å². The molecular weight excluding hydrogens is 420 g/mol. The summed E-state index contributed by atoms with van der Waals surface area (Å²) in [7, 11) is 0. The number of thioether (sulfide) groups is 1. The van der Waals surface area contributed by atoms with E-state index in [1.165, 1.54) is 11.8 Å². The first kappa shape index (κ1) is 21.5. The van der Waals surface area contributed by atoms with Gasteiger partial charge in [0.1, 0.15) is 0 Å². The fourth-order valence-corrected chi connectivity index (χ4v) is 4.03. The quantitative estimate of drug-likeness (QED) is 0.210. The van der Waals surface area contributed by atoms with Crippen LogP contribution in [0.2, 0.25) is 0 Å². The van der Waals surface area contributed by atoms with Crippen molar-refractivity contribution in [2.75, 3.05) is 5.75 Å². The highest BCUT2D eigenvalue weighted by Gasteiger charge is 2.14. The first-order chi connectivity index (χ1) is 15.5. The maximum Gasteiger partial charge on any atom is 0.266 e. The van der Waals surface area contributed by atoms with Crippen molar-refractivity contribution in [3.8, 4) is 5.69 Å². The van der Waals surface area contributed by atoms with E-state index in [-0.39, 0.29) is 17.2 Å². The molecule has 1 heterocycles. The molecule has 4 aromatic rings. The minimum absolute atomic E-state index is 0.0712. The molecule has 0 unspecified atom stereocenters. The Kier molecular flexibility index (Phi) is 6.47. The van der Waals surface area contributed by atoms with Gasteiger partial charge in [-0.3, -0.25) is 14.2 Å². The van der Waals surface area contributed by atoms with E-state index >= 15 is 0 Å². The highest BCUT2D eigenvalue weighted by molar-refractivity contribution is 7.99. The minimum Gasteiger partial charge on any atom is -0.272 e. The van der Waals surface area contributed by atoms with Crippen LogP contribution in [0.3, 0.4) is 0 Å². The zero-order chi connectivity index (χ0) is 22.5. The molecule has 0 atom stereocenters. The second kappa shape index (κ2) is 9.62. The number of benzene rings is 3. The average Bonchev–Trinajstić information content (AvgIpc) is 2.79. The lowest BCUT2D eigenvalue weighted by Gasteiger charge is -2.13. The summed E-state index contributed by atoms with van der Waals surface area (Å²) < 4.78 is 1.55. The van der Waals surface area contributed by atoms with E-state index in [1.807, 2.05) is 74.5 Å². The van der Waals surface area contributed by atoms with Crippen LogP contribution in [0.4, 0.5) is 0 Å². The van der Waals surface area contributed by atoms with Crippen LogP contribution in [0.25, 0.3) is 16.6 Å². The molecule has 0 fully saturated rings. The molecule has 4 rings (SSSR count). The van der Waals surface area contributed by atoms with Crippen molar-refractivity contribution in [2.45, 2.75) is 19.0 Å². The van der Waals surface area contributed by atoms with Crippen molar-refractivity contribution >= 4 is 34.8 Å². The van der Waals surface area contributed by atoms with E-state index in [9.17, 15) is 9.59 Å². The van der Waals surface area contributed by atoms with Crippen molar-refractivity contribution in [1.82, 2.24) is 15.0 Å². The van der Waals surface area contributed by atoms with Crippen LogP contribution in [-0.4, -0.2) is 27.4 Å². The molecule has 1 aromatic heterocycles. The van der Waals surface area contributed by atoms with Crippen LogP contribution in [0.15, 0.2) is 87.8 Å². The Labute approximate surface area is 190 Å². The number of hydrazone groups is 1. The Morgan fingerprint density at radius 2 is 1.81 bits per heavy atom. The number of carbonyl (C=O) groups is 1. The Morgan fingerprint density at radius 3 is 2.59 bits per heavy atom. The number of aromatic nitrogens is 2. The normalized spacial score (nSPS) is 11.2. The Balaban J connectivity index is 1.56. The summed E-state index contributed by atoms with van der Waals surface area (Å²) in [6.45, 7) is 3.99. The number of rotatable bonds is 6. The molecular formula is C25H22N4O2S. The largest absolute Gasteiger partial charge is 0.272 e. The summed E-state index contributed by atoms with van der Waals surface area (Å²) in [6, 6.07) is 22.7. The number of aryl methyl sites for hydroxylation is 2. The summed E-state index contributed by atoms with van der Waals surface area (Å²) in [5.74, 6) is -0.210. The number of hydrogen-bond donors (Lipinski definition) is 1. The predicted molar refractivity (Wildman–Crippen MR) is 130 cm³/mol. The third-order valence-electron chi connectivity index (χ3n) is 4.81. The molecule has 0 radical (unpaired) electrons. The van der Waals surface area contributed by atoms with Gasteiger partial charge in [-0.1, -0.05) is 71.4 Å². The maximum absolute atomic E-state index is 13.2. The van der Waals surface area contributed by atoms with Gasteiger partial charge in [0.25, 0.3) is 11.5 Å². The molecule has 0 saturated heterocycles. The Morgan fingerprint density at radius 1 is 1.03 bits per heavy atom. The van der Waals surface area contributed by atoms with Gasteiger partial charge >= 0.3 is 0 Å². The number of carbonyl (C=O) groups excluding carboxylic acids is 1. The molecule has 0 spiro atoms. The monoisotopic (exact) mass is 442 g/mol. The van der Waals surface area contributed by atoms with Gasteiger partial charge in [0.05, 0.1) is 28.6 Å². The number of nitrogens with one attached hydrogen (secondary N) is 1. The zero-order valence-electron chi connectivity index (χ0n) is 17.8. The minimum atomic E-state index is -0.281. The number of amides is 1. The SMILES string of the molecule is Cc1ccc(-n2c(SCC(=O)N/N=C/c3cccc(C)c3)nc3ccccc3c2=O)cc1. The molecule has 3 aromatic carbocycles. The lowest BCUT2D eigenvalue weighted by Crippen LogP contribution is -2.24. The van der Waals surface area contributed by atoms with Crippen LogP contribution < -0.4 is 11.0 Å². The maximum atomic E-state index is 13.2. The molecule has 0 aliphatic heterocycles. The van der Waals surface area contributed by atoms with Crippen molar-refractivity contribution in [3.05, 3.63) is 99.8 Å². The topological polar surface area (TPSA) is 76.3 Å². The van der Waals surface area contributed by atoms with Crippen molar-refractivity contribution < 1.29 is 4.79 Å². The van der Waals surface area contributed by atoms with Crippen LogP contribution in [0.5, 0.6) is 0 Å².